The second kappa shape index (κ2) is 13.3. The molecule has 0 aromatic heterocycles. The molecule has 0 saturated carbocycles. The minimum absolute atomic E-state index is 0.0883. The molecule has 0 spiro atoms. The van der Waals surface area contributed by atoms with Crippen LogP contribution in [0.3, 0.4) is 0 Å². The van der Waals surface area contributed by atoms with E-state index in [1.54, 1.807) is 25.1 Å². The summed E-state index contributed by atoms with van der Waals surface area (Å²) in [4.78, 5) is 13.9. The van der Waals surface area contributed by atoms with Crippen LogP contribution in [0.5, 0.6) is 0 Å². The van der Waals surface area contributed by atoms with Crippen LogP contribution >= 0.6 is 11.6 Å². The number of carbonyl (C=O) groups excluding carboxylic acids is 1. The number of benzene rings is 2. The van der Waals surface area contributed by atoms with E-state index in [1.165, 1.54) is 12.1 Å². The average Bonchev–Trinajstić information content (AvgIpc) is 3.25. The molecule has 35 heavy (non-hydrogen) atoms. The Morgan fingerprint density at radius 1 is 1.26 bits per heavy atom. The molecule has 1 aliphatic heterocycles. The predicted molar refractivity (Wildman–Crippen MR) is 131 cm³/mol. The van der Waals surface area contributed by atoms with Crippen LogP contribution in [0, 0.1) is 11.6 Å². The van der Waals surface area contributed by atoms with Crippen molar-refractivity contribution in [2.75, 3.05) is 26.3 Å². The van der Waals surface area contributed by atoms with Crippen LogP contribution in [0.1, 0.15) is 55.9 Å². The lowest BCUT2D eigenvalue weighted by molar-refractivity contribution is -0.143. The maximum atomic E-state index is 14.5. The van der Waals surface area contributed by atoms with Gasteiger partial charge in [0, 0.05) is 19.0 Å². The molecule has 1 fully saturated rings. The van der Waals surface area contributed by atoms with Crippen molar-refractivity contribution < 1.29 is 28.2 Å². The van der Waals surface area contributed by atoms with E-state index in [4.69, 9.17) is 21.1 Å². The Morgan fingerprint density at radius 2 is 2.06 bits per heavy atom. The molecular weight excluding hydrogens is 476 g/mol. The summed E-state index contributed by atoms with van der Waals surface area (Å²) in [5.74, 6) is -1.18. The Morgan fingerprint density at radius 3 is 2.80 bits per heavy atom. The first kappa shape index (κ1) is 27.5. The van der Waals surface area contributed by atoms with E-state index in [2.05, 4.69) is 4.90 Å². The second-order valence-corrected chi connectivity index (χ2v) is 9.39. The molecule has 0 unspecified atom stereocenters. The van der Waals surface area contributed by atoms with Crippen molar-refractivity contribution in [3.05, 3.63) is 69.7 Å². The summed E-state index contributed by atoms with van der Waals surface area (Å²) in [6.45, 7) is 5.21. The Labute approximate surface area is 211 Å². The summed E-state index contributed by atoms with van der Waals surface area (Å²) < 4.78 is 39.2. The van der Waals surface area contributed by atoms with Crippen molar-refractivity contribution >= 4 is 17.6 Å². The molecule has 0 aliphatic carbocycles. The van der Waals surface area contributed by atoms with Crippen LogP contribution in [0.4, 0.5) is 8.78 Å². The summed E-state index contributed by atoms with van der Waals surface area (Å²) in [5, 5.41) is 10.8. The fraction of sp³-hybridized carbons (Fsp3) is 0.519. The van der Waals surface area contributed by atoms with Gasteiger partial charge in [0.15, 0.2) is 0 Å². The third-order valence-electron chi connectivity index (χ3n) is 6.42. The van der Waals surface area contributed by atoms with Gasteiger partial charge in [-0.05, 0) is 81.0 Å². The summed E-state index contributed by atoms with van der Waals surface area (Å²) in [6.07, 6.45) is 1.80. The molecule has 1 N–H and O–H groups in total. The Kier molecular flexibility index (Phi) is 10.5. The molecular formula is C27H34ClF2NO4. The number of aliphatic hydroxyl groups excluding tert-OH is 1. The van der Waals surface area contributed by atoms with E-state index in [-0.39, 0.29) is 48.9 Å². The van der Waals surface area contributed by atoms with Gasteiger partial charge in [-0.15, -0.1) is 0 Å². The summed E-state index contributed by atoms with van der Waals surface area (Å²) >= 11 is 5.79. The van der Waals surface area contributed by atoms with Gasteiger partial charge in [0.1, 0.15) is 11.6 Å². The number of ether oxygens (including phenoxy) is 2. The van der Waals surface area contributed by atoms with Gasteiger partial charge in [0.05, 0.1) is 30.4 Å². The molecule has 2 aromatic carbocycles. The largest absolute Gasteiger partial charge is 0.466 e. The predicted octanol–water partition coefficient (Wildman–Crippen LogP) is 5.26. The first-order valence-corrected chi connectivity index (χ1v) is 12.6. The lowest BCUT2D eigenvalue weighted by atomic mass is 9.98. The third-order valence-corrected chi connectivity index (χ3v) is 6.72. The normalized spacial score (nSPS) is 17.9. The SMILES string of the molecule is CCOC(=O)CCc1c(F)cccc1[C@@H](C)OC[C@H](O)CN1CCC[C@H]1Cc1ccc(Cl)c(F)c1. The van der Waals surface area contributed by atoms with Crippen molar-refractivity contribution in [2.24, 2.45) is 0 Å². The maximum Gasteiger partial charge on any atom is 0.306 e. The lowest BCUT2D eigenvalue weighted by Crippen LogP contribution is -2.39. The number of aliphatic hydroxyl groups is 1. The topological polar surface area (TPSA) is 59.0 Å². The molecule has 2 aromatic rings. The smallest absolute Gasteiger partial charge is 0.306 e. The third kappa shape index (κ3) is 7.97. The van der Waals surface area contributed by atoms with Crippen LogP contribution in [-0.4, -0.2) is 54.4 Å². The van der Waals surface area contributed by atoms with E-state index in [9.17, 15) is 18.7 Å². The Hall–Kier alpha value is -2.06. The molecule has 0 radical (unpaired) electrons. The fourth-order valence-corrected chi connectivity index (χ4v) is 4.77. The van der Waals surface area contributed by atoms with Crippen molar-refractivity contribution in [3.63, 3.8) is 0 Å². The van der Waals surface area contributed by atoms with Gasteiger partial charge in [-0.25, -0.2) is 8.78 Å². The standard InChI is InChI=1S/C27H34ClF2NO4/c1-3-34-27(33)12-10-23-22(7-4-8-25(23)29)18(2)35-17-21(32)16-31-13-5-6-20(31)14-19-9-11-24(28)26(30)15-19/h4,7-9,11,15,18,20-21,32H,3,5-6,10,12-14,16-17H2,1-2H3/t18-,20+,21-/m1/s1. The van der Waals surface area contributed by atoms with Gasteiger partial charge in [-0.3, -0.25) is 9.69 Å². The fourth-order valence-electron chi connectivity index (χ4n) is 4.65. The molecule has 3 rings (SSSR count). The Balaban J connectivity index is 1.53. The van der Waals surface area contributed by atoms with Gasteiger partial charge in [-0.1, -0.05) is 29.8 Å². The molecule has 0 amide bonds. The number of hydrogen-bond donors (Lipinski definition) is 1. The zero-order chi connectivity index (χ0) is 25.4. The molecule has 5 nitrogen and oxygen atoms in total. The number of hydrogen-bond acceptors (Lipinski definition) is 5. The molecule has 0 bridgehead atoms. The summed E-state index contributed by atoms with van der Waals surface area (Å²) in [6, 6.07) is 9.85. The molecule has 1 aliphatic rings. The lowest BCUT2D eigenvalue weighted by Gasteiger charge is -2.27. The van der Waals surface area contributed by atoms with Gasteiger partial charge in [0.25, 0.3) is 0 Å². The van der Waals surface area contributed by atoms with Gasteiger partial charge < -0.3 is 14.6 Å². The number of nitrogens with zero attached hydrogens (tertiary/aromatic N) is 1. The van der Waals surface area contributed by atoms with Crippen LogP contribution in [0.25, 0.3) is 0 Å². The number of carbonyl (C=O) groups is 1. The van der Waals surface area contributed by atoms with E-state index < -0.39 is 18.0 Å². The average molecular weight is 510 g/mol. The van der Waals surface area contributed by atoms with E-state index in [1.807, 2.05) is 13.0 Å². The number of halogens is 3. The van der Waals surface area contributed by atoms with Gasteiger partial charge in [-0.2, -0.15) is 0 Å². The van der Waals surface area contributed by atoms with Crippen molar-refractivity contribution in [3.8, 4) is 0 Å². The monoisotopic (exact) mass is 509 g/mol. The zero-order valence-corrected chi connectivity index (χ0v) is 21.1. The van der Waals surface area contributed by atoms with Gasteiger partial charge in [0.2, 0.25) is 0 Å². The minimum Gasteiger partial charge on any atom is -0.466 e. The molecule has 1 saturated heterocycles. The number of likely N-dealkylation sites (tertiary alicyclic amines) is 1. The summed E-state index contributed by atoms with van der Waals surface area (Å²) in [5.41, 5.74) is 1.97. The quantitative estimate of drug-likeness (QED) is 0.395. The second-order valence-electron chi connectivity index (χ2n) is 8.99. The highest BCUT2D eigenvalue weighted by molar-refractivity contribution is 6.30. The van der Waals surface area contributed by atoms with Crippen LogP contribution < -0.4 is 0 Å². The number of β-amino-alcohol motifs (C(OH)–C–C–N with tert-alkyl or cyclic N) is 1. The van der Waals surface area contributed by atoms with Crippen molar-refractivity contribution in [1.82, 2.24) is 4.90 Å². The molecule has 1 heterocycles. The highest BCUT2D eigenvalue weighted by atomic mass is 35.5. The summed E-state index contributed by atoms with van der Waals surface area (Å²) in [7, 11) is 0. The van der Waals surface area contributed by atoms with E-state index in [0.717, 1.165) is 24.9 Å². The van der Waals surface area contributed by atoms with Crippen molar-refractivity contribution in [1.29, 1.82) is 0 Å². The first-order valence-electron chi connectivity index (χ1n) is 12.2. The zero-order valence-electron chi connectivity index (χ0n) is 20.3. The number of rotatable bonds is 12. The molecule has 3 atom stereocenters. The Bertz CT molecular complexity index is 990. The van der Waals surface area contributed by atoms with Gasteiger partial charge >= 0.3 is 5.97 Å². The maximum absolute atomic E-state index is 14.5. The molecule has 192 valence electrons. The minimum atomic E-state index is -0.725. The highest BCUT2D eigenvalue weighted by Crippen LogP contribution is 2.26. The highest BCUT2D eigenvalue weighted by Gasteiger charge is 2.27. The van der Waals surface area contributed by atoms with Crippen LogP contribution in [-0.2, 0) is 27.1 Å². The van der Waals surface area contributed by atoms with Crippen LogP contribution in [0.2, 0.25) is 5.02 Å². The van der Waals surface area contributed by atoms with Crippen LogP contribution in [0.15, 0.2) is 36.4 Å². The van der Waals surface area contributed by atoms with E-state index >= 15 is 0 Å². The first-order chi connectivity index (χ1) is 16.8. The van der Waals surface area contributed by atoms with Crippen molar-refractivity contribution in [2.45, 2.75) is 64.2 Å². The number of esters is 1. The van der Waals surface area contributed by atoms with E-state index in [0.29, 0.717) is 24.1 Å². The molecule has 8 heteroatoms.